The van der Waals surface area contributed by atoms with Crippen molar-refractivity contribution >= 4 is 5.97 Å². The van der Waals surface area contributed by atoms with Crippen molar-refractivity contribution < 1.29 is 9.53 Å². The van der Waals surface area contributed by atoms with Gasteiger partial charge in [-0.25, -0.2) is 0 Å². The van der Waals surface area contributed by atoms with Gasteiger partial charge in [0.1, 0.15) is 5.60 Å². The van der Waals surface area contributed by atoms with Crippen molar-refractivity contribution in [2.75, 3.05) is 0 Å². The van der Waals surface area contributed by atoms with Gasteiger partial charge in [0.15, 0.2) is 0 Å². The molecule has 1 fully saturated rings. The largest absolute Gasteiger partial charge is 0.460 e. The Morgan fingerprint density at radius 2 is 1.85 bits per heavy atom. The van der Waals surface area contributed by atoms with Crippen LogP contribution >= 0.6 is 0 Å². The summed E-state index contributed by atoms with van der Waals surface area (Å²) in [7, 11) is 0. The maximum Gasteiger partial charge on any atom is 0.309 e. The summed E-state index contributed by atoms with van der Waals surface area (Å²) in [4.78, 5) is 12.6. The molecule has 0 spiro atoms. The Hall–Kier alpha value is -1.95. The number of allylic oxidation sites excluding steroid dienone is 5. The lowest BCUT2D eigenvalue weighted by Crippen LogP contribution is -2.36. The summed E-state index contributed by atoms with van der Waals surface area (Å²) >= 11 is 0. The second-order valence-corrected chi connectivity index (χ2v) is 9.29. The first-order valence-electron chi connectivity index (χ1n) is 9.61. The van der Waals surface area contributed by atoms with Crippen molar-refractivity contribution in [3.8, 4) is 11.8 Å². The number of hydrogen-bond donors (Lipinski definition) is 1. The molecule has 0 aromatic heterocycles. The molecule has 0 radical (unpaired) electrons. The van der Waals surface area contributed by atoms with Crippen LogP contribution in [0.5, 0.6) is 0 Å². The summed E-state index contributed by atoms with van der Waals surface area (Å²) in [6, 6.07) is 0. The summed E-state index contributed by atoms with van der Waals surface area (Å²) in [6.07, 6.45) is 12.6. The highest BCUT2D eigenvalue weighted by Crippen LogP contribution is 2.39. The first-order valence-corrected chi connectivity index (χ1v) is 9.61. The topological polar surface area (TPSA) is 38.3 Å². The number of hydrogen-bond acceptors (Lipinski definition) is 3. The number of carbonyl (C=O) groups excluding carboxylic acids is 1. The van der Waals surface area contributed by atoms with Gasteiger partial charge in [-0.1, -0.05) is 24.0 Å². The van der Waals surface area contributed by atoms with Crippen LogP contribution in [0.2, 0.25) is 0 Å². The SMILES string of the molecule is CC(C)(C)C#CC1CCC(C(=O)OC(C)(C)C)CC1C1=CC=CC=CN1. The number of carbonyl (C=O) groups is 1. The monoisotopic (exact) mass is 355 g/mol. The zero-order valence-corrected chi connectivity index (χ0v) is 17.1. The molecule has 1 N–H and O–H groups in total. The van der Waals surface area contributed by atoms with Gasteiger partial charge in [-0.2, -0.15) is 0 Å². The predicted molar refractivity (Wildman–Crippen MR) is 107 cm³/mol. The Morgan fingerprint density at radius 1 is 1.12 bits per heavy atom. The Bertz CT molecular complexity index is 659. The molecule has 1 saturated carbocycles. The summed E-state index contributed by atoms with van der Waals surface area (Å²) in [5.41, 5.74) is 0.676. The van der Waals surface area contributed by atoms with Crippen LogP contribution in [-0.2, 0) is 9.53 Å². The quantitative estimate of drug-likeness (QED) is 0.561. The third-order valence-corrected chi connectivity index (χ3v) is 4.47. The van der Waals surface area contributed by atoms with E-state index in [2.05, 4.69) is 44.0 Å². The number of esters is 1. The molecule has 1 aliphatic carbocycles. The van der Waals surface area contributed by atoms with Gasteiger partial charge in [0.25, 0.3) is 0 Å². The molecule has 0 bridgehead atoms. The van der Waals surface area contributed by atoms with Crippen LogP contribution in [0.3, 0.4) is 0 Å². The van der Waals surface area contributed by atoms with Gasteiger partial charge in [0.2, 0.25) is 0 Å². The molecule has 0 aromatic rings. The van der Waals surface area contributed by atoms with Crippen molar-refractivity contribution in [1.82, 2.24) is 5.32 Å². The van der Waals surface area contributed by atoms with E-state index in [-0.39, 0.29) is 29.1 Å². The highest BCUT2D eigenvalue weighted by atomic mass is 16.6. The lowest BCUT2D eigenvalue weighted by atomic mass is 9.72. The smallest absolute Gasteiger partial charge is 0.309 e. The van der Waals surface area contributed by atoms with E-state index in [1.807, 2.05) is 45.2 Å². The fourth-order valence-electron chi connectivity index (χ4n) is 3.30. The second kappa shape index (κ2) is 8.16. The number of rotatable bonds is 2. The van der Waals surface area contributed by atoms with Crippen molar-refractivity contribution in [2.24, 2.45) is 23.2 Å². The van der Waals surface area contributed by atoms with Crippen LogP contribution in [0, 0.1) is 35.0 Å². The zero-order chi connectivity index (χ0) is 19.4. The second-order valence-electron chi connectivity index (χ2n) is 9.29. The highest BCUT2D eigenvalue weighted by Gasteiger charge is 2.37. The minimum Gasteiger partial charge on any atom is -0.460 e. The van der Waals surface area contributed by atoms with Crippen molar-refractivity contribution in [3.05, 3.63) is 36.2 Å². The Morgan fingerprint density at radius 3 is 2.50 bits per heavy atom. The Kier molecular flexibility index (Phi) is 6.39. The van der Waals surface area contributed by atoms with Crippen LogP contribution < -0.4 is 5.32 Å². The third kappa shape index (κ3) is 6.41. The Labute approximate surface area is 159 Å². The van der Waals surface area contributed by atoms with E-state index in [1.165, 1.54) is 0 Å². The summed E-state index contributed by atoms with van der Waals surface area (Å²) in [5, 5.41) is 3.38. The lowest BCUT2D eigenvalue weighted by Gasteiger charge is -2.35. The van der Waals surface area contributed by atoms with Crippen molar-refractivity contribution in [1.29, 1.82) is 0 Å². The molecule has 3 unspecified atom stereocenters. The van der Waals surface area contributed by atoms with Crippen molar-refractivity contribution in [2.45, 2.75) is 66.4 Å². The molecule has 26 heavy (non-hydrogen) atoms. The normalized spacial score (nSPS) is 26.1. The van der Waals surface area contributed by atoms with Crippen LogP contribution in [0.1, 0.15) is 60.8 Å². The molecule has 0 saturated heterocycles. The van der Waals surface area contributed by atoms with Crippen LogP contribution in [-0.4, -0.2) is 11.6 Å². The van der Waals surface area contributed by atoms with Gasteiger partial charge in [0, 0.05) is 29.1 Å². The number of nitrogens with one attached hydrogen (secondary N) is 1. The average molecular weight is 356 g/mol. The van der Waals surface area contributed by atoms with E-state index >= 15 is 0 Å². The standard InChI is InChI=1S/C23H33NO2/c1-22(2,3)14-13-17-11-12-18(21(25)26-23(4,5)6)16-19(17)20-10-8-7-9-15-24-20/h7-10,15,17-19,24H,11-12,16H2,1-6H3. The minimum absolute atomic E-state index is 0.0162. The molecule has 3 heteroatoms. The fraction of sp³-hybridized carbons (Fsp3) is 0.609. The summed E-state index contributed by atoms with van der Waals surface area (Å²) in [5.74, 6) is 7.23. The molecule has 0 aromatic carbocycles. The predicted octanol–water partition coefficient (Wildman–Crippen LogP) is 4.97. The molecule has 3 nitrogen and oxygen atoms in total. The van der Waals surface area contributed by atoms with E-state index in [0.717, 1.165) is 25.0 Å². The summed E-state index contributed by atoms with van der Waals surface area (Å²) in [6.45, 7) is 12.2. The minimum atomic E-state index is -0.444. The molecule has 3 atom stereocenters. The van der Waals surface area contributed by atoms with E-state index in [1.54, 1.807) is 0 Å². The Balaban J connectivity index is 2.22. The first-order chi connectivity index (χ1) is 12.1. The molecule has 2 aliphatic rings. The third-order valence-electron chi connectivity index (χ3n) is 4.47. The van der Waals surface area contributed by atoms with Crippen LogP contribution in [0.25, 0.3) is 0 Å². The fourth-order valence-corrected chi connectivity index (χ4v) is 3.30. The van der Waals surface area contributed by atoms with Gasteiger partial charge in [0.05, 0.1) is 5.92 Å². The zero-order valence-electron chi connectivity index (χ0n) is 17.1. The van der Waals surface area contributed by atoms with Gasteiger partial charge in [-0.15, -0.1) is 0 Å². The molecular weight excluding hydrogens is 322 g/mol. The van der Waals surface area contributed by atoms with E-state index < -0.39 is 5.60 Å². The first kappa shape index (κ1) is 20.4. The average Bonchev–Trinajstić information content (AvgIpc) is 2.79. The molecule has 0 amide bonds. The lowest BCUT2D eigenvalue weighted by molar-refractivity contribution is -0.161. The summed E-state index contributed by atoms with van der Waals surface area (Å²) < 4.78 is 5.64. The molecule has 2 rings (SSSR count). The maximum atomic E-state index is 12.6. The van der Waals surface area contributed by atoms with Crippen molar-refractivity contribution in [3.63, 3.8) is 0 Å². The highest BCUT2D eigenvalue weighted by molar-refractivity contribution is 5.73. The van der Waals surface area contributed by atoms with Gasteiger partial charge in [-0.3, -0.25) is 4.79 Å². The molecule has 142 valence electrons. The van der Waals surface area contributed by atoms with E-state index in [0.29, 0.717) is 0 Å². The van der Waals surface area contributed by atoms with Crippen LogP contribution in [0.4, 0.5) is 0 Å². The number of ether oxygens (including phenoxy) is 1. The van der Waals surface area contributed by atoms with Gasteiger partial charge >= 0.3 is 5.97 Å². The van der Waals surface area contributed by atoms with E-state index in [4.69, 9.17) is 4.74 Å². The van der Waals surface area contributed by atoms with E-state index in [9.17, 15) is 4.79 Å². The molecule has 1 aliphatic heterocycles. The molecular formula is C23H33NO2. The van der Waals surface area contributed by atoms with Crippen LogP contribution in [0.15, 0.2) is 36.2 Å². The molecule has 1 heterocycles. The van der Waals surface area contributed by atoms with Gasteiger partial charge < -0.3 is 10.1 Å². The van der Waals surface area contributed by atoms with Gasteiger partial charge in [-0.05, 0) is 73.0 Å². The maximum absolute atomic E-state index is 12.6.